The summed E-state index contributed by atoms with van der Waals surface area (Å²) in [5.41, 5.74) is 0.392. The highest BCUT2D eigenvalue weighted by atomic mass is 19.1. The molecule has 1 saturated heterocycles. The Balaban J connectivity index is 2.24. The van der Waals surface area contributed by atoms with Crippen molar-refractivity contribution in [2.24, 2.45) is 5.92 Å². The van der Waals surface area contributed by atoms with Gasteiger partial charge in [-0.05, 0) is 38.1 Å². The quantitative estimate of drug-likeness (QED) is 0.878. The van der Waals surface area contributed by atoms with Gasteiger partial charge < -0.3 is 10.1 Å². The van der Waals surface area contributed by atoms with Gasteiger partial charge in [-0.15, -0.1) is 0 Å². The van der Waals surface area contributed by atoms with Crippen molar-refractivity contribution in [3.8, 4) is 0 Å². The van der Waals surface area contributed by atoms with E-state index < -0.39 is 5.82 Å². The first-order chi connectivity index (χ1) is 8.22. The van der Waals surface area contributed by atoms with Crippen molar-refractivity contribution >= 4 is 0 Å². The summed E-state index contributed by atoms with van der Waals surface area (Å²) in [6.45, 7) is 1.36. The Morgan fingerprint density at radius 2 is 2.24 bits per heavy atom. The molecule has 94 valence electrons. The predicted molar refractivity (Wildman–Crippen MR) is 61.7 cm³/mol. The van der Waals surface area contributed by atoms with E-state index in [0.29, 0.717) is 12.2 Å². The monoisotopic (exact) mass is 241 g/mol. The van der Waals surface area contributed by atoms with Gasteiger partial charge in [-0.2, -0.15) is 0 Å². The number of halogens is 2. The zero-order valence-electron chi connectivity index (χ0n) is 9.88. The van der Waals surface area contributed by atoms with Crippen LogP contribution in [-0.4, -0.2) is 20.3 Å². The molecule has 0 spiro atoms. The molecular weight excluding hydrogens is 224 g/mol. The molecule has 2 atom stereocenters. The van der Waals surface area contributed by atoms with E-state index in [4.69, 9.17) is 4.74 Å². The highest BCUT2D eigenvalue weighted by Gasteiger charge is 2.26. The molecule has 2 unspecified atom stereocenters. The van der Waals surface area contributed by atoms with Crippen molar-refractivity contribution in [3.63, 3.8) is 0 Å². The average Bonchev–Trinajstić information content (AvgIpc) is 2.36. The van der Waals surface area contributed by atoms with Crippen LogP contribution in [-0.2, 0) is 4.74 Å². The molecule has 1 aliphatic heterocycles. The van der Waals surface area contributed by atoms with Gasteiger partial charge >= 0.3 is 0 Å². The number of nitrogens with one attached hydrogen (secondary N) is 1. The van der Waals surface area contributed by atoms with Crippen molar-refractivity contribution in [2.75, 3.05) is 20.3 Å². The van der Waals surface area contributed by atoms with Crippen LogP contribution in [0.1, 0.15) is 24.4 Å². The summed E-state index contributed by atoms with van der Waals surface area (Å²) in [7, 11) is 1.77. The van der Waals surface area contributed by atoms with Crippen LogP contribution in [0, 0.1) is 17.6 Å². The fourth-order valence-electron chi connectivity index (χ4n) is 2.43. The first-order valence-corrected chi connectivity index (χ1v) is 5.92. The molecule has 0 radical (unpaired) electrons. The average molecular weight is 241 g/mol. The lowest BCUT2D eigenvalue weighted by molar-refractivity contribution is 0.0396. The topological polar surface area (TPSA) is 21.3 Å². The van der Waals surface area contributed by atoms with Crippen molar-refractivity contribution in [1.29, 1.82) is 0 Å². The van der Waals surface area contributed by atoms with E-state index in [1.807, 2.05) is 0 Å². The van der Waals surface area contributed by atoms with Gasteiger partial charge in [-0.3, -0.25) is 0 Å². The van der Waals surface area contributed by atoms with Crippen LogP contribution in [0.2, 0.25) is 0 Å². The number of rotatable bonds is 3. The summed E-state index contributed by atoms with van der Waals surface area (Å²) in [4.78, 5) is 0. The molecular formula is C13H17F2NO. The largest absolute Gasteiger partial charge is 0.381 e. The third-order valence-corrected chi connectivity index (χ3v) is 3.27. The molecule has 1 fully saturated rings. The van der Waals surface area contributed by atoms with Gasteiger partial charge in [0.1, 0.15) is 11.6 Å². The maximum Gasteiger partial charge on any atom is 0.128 e. The van der Waals surface area contributed by atoms with E-state index >= 15 is 0 Å². The normalized spacial score (nSPS) is 22.4. The smallest absolute Gasteiger partial charge is 0.128 e. The minimum Gasteiger partial charge on any atom is -0.381 e. The van der Waals surface area contributed by atoms with Crippen molar-refractivity contribution in [1.82, 2.24) is 5.32 Å². The minimum atomic E-state index is -0.404. The van der Waals surface area contributed by atoms with E-state index in [-0.39, 0.29) is 17.8 Å². The lowest BCUT2D eigenvalue weighted by atomic mass is 9.88. The summed E-state index contributed by atoms with van der Waals surface area (Å²) < 4.78 is 32.3. The van der Waals surface area contributed by atoms with E-state index in [9.17, 15) is 8.78 Å². The number of hydrogen-bond acceptors (Lipinski definition) is 2. The third kappa shape index (κ3) is 2.82. The highest BCUT2D eigenvalue weighted by Crippen LogP contribution is 2.30. The fourth-order valence-corrected chi connectivity index (χ4v) is 2.43. The van der Waals surface area contributed by atoms with Crippen molar-refractivity contribution in [2.45, 2.75) is 18.9 Å². The Bertz CT molecular complexity index is 378. The predicted octanol–water partition coefficient (Wildman–Crippen LogP) is 2.65. The van der Waals surface area contributed by atoms with Crippen LogP contribution in [0.25, 0.3) is 0 Å². The van der Waals surface area contributed by atoms with Crippen LogP contribution >= 0.6 is 0 Å². The Morgan fingerprint density at radius 3 is 2.88 bits per heavy atom. The van der Waals surface area contributed by atoms with E-state index in [2.05, 4.69) is 5.32 Å². The van der Waals surface area contributed by atoms with Crippen molar-refractivity contribution in [3.05, 3.63) is 35.4 Å². The SMILES string of the molecule is CNC(c1cc(F)ccc1F)C1CCCOC1. The maximum atomic E-state index is 13.7. The second-order valence-electron chi connectivity index (χ2n) is 4.41. The van der Waals surface area contributed by atoms with Gasteiger partial charge in [0, 0.05) is 24.1 Å². The summed E-state index contributed by atoms with van der Waals surface area (Å²) >= 11 is 0. The molecule has 0 aliphatic carbocycles. The zero-order valence-corrected chi connectivity index (χ0v) is 9.88. The summed E-state index contributed by atoms with van der Waals surface area (Å²) in [5.74, 6) is -0.570. The lowest BCUT2D eigenvalue weighted by Crippen LogP contribution is -2.32. The minimum absolute atomic E-state index is 0.189. The van der Waals surface area contributed by atoms with Crippen LogP contribution in [0.3, 0.4) is 0 Å². The summed E-state index contributed by atoms with van der Waals surface area (Å²) in [6, 6.07) is 3.40. The Hall–Kier alpha value is -1.00. The molecule has 17 heavy (non-hydrogen) atoms. The highest BCUT2D eigenvalue weighted by molar-refractivity contribution is 5.23. The van der Waals surface area contributed by atoms with Crippen LogP contribution in [0.4, 0.5) is 8.78 Å². The Labute approximate surface area is 100.0 Å². The molecule has 1 heterocycles. The van der Waals surface area contributed by atoms with Crippen molar-refractivity contribution < 1.29 is 13.5 Å². The third-order valence-electron chi connectivity index (χ3n) is 3.27. The van der Waals surface area contributed by atoms with Crippen LogP contribution < -0.4 is 5.32 Å². The fraction of sp³-hybridized carbons (Fsp3) is 0.538. The molecule has 0 aromatic heterocycles. The van der Waals surface area contributed by atoms with Gasteiger partial charge in [-0.25, -0.2) is 8.78 Å². The van der Waals surface area contributed by atoms with E-state index in [0.717, 1.165) is 25.5 Å². The maximum absolute atomic E-state index is 13.7. The zero-order chi connectivity index (χ0) is 12.3. The molecule has 0 saturated carbocycles. The van der Waals surface area contributed by atoms with Gasteiger partial charge in [0.15, 0.2) is 0 Å². The van der Waals surface area contributed by atoms with E-state index in [1.165, 1.54) is 12.1 Å². The summed E-state index contributed by atoms with van der Waals surface area (Å²) in [5, 5.41) is 3.07. The number of ether oxygens (including phenoxy) is 1. The molecule has 2 nitrogen and oxygen atoms in total. The van der Waals surface area contributed by atoms with Crippen LogP contribution in [0.15, 0.2) is 18.2 Å². The number of benzene rings is 1. The summed E-state index contributed by atoms with van der Waals surface area (Å²) in [6.07, 6.45) is 1.95. The molecule has 2 rings (SSSR count). The molecule has 1 N–H and O–H groups in total. The standard InChI is InChI=1S/C13H17F2NO/c1-16-13(9-3-2-6-17-8-9)11-7-10(14)4-5-12(11)15/h4-5,7,9,13,16H,2-3,6,8H2,1H3. The molecule has 4 heteroatoms. The number of hydrogen-bond donors (Lipinski definition) is 1. The molecule has 1 aromatic rings. The van der Waals surface area contributed by atoms with Gasteiger partial charge in [0.25, 0.3) is 0 Å². The van der Waals surface area contributed by atoms with Gasteiger partial charge in [0.05, 0.1) is 6.61 Å². The molecule has 0 amide bonds. The Morgan fingerprint density at radius 1 is 1.41 bits per heavy atom. The molecule has 1 aliphatic rings. The second kappa shape index (κ2) is 5.56. The lowest BCUT2D eigenvalue weighted by Gasteiger charge is -2.30. The van der Waals surface area contributed by atoms with Gasteiger partial charge in [0.2, 0.25) is 0 Å². The molecule has 1 aromatic carbocycles. The van der Waals surface area contributed by atoms with Crippen LogP contribution in [0.5, 0.6) is 0 Å². The first kappa shape index (κ1) is 12.5. The first-order valence-electron chi connectivity index (χ1n) is 5.92. The Kier molecular flexibility index (Phi) is 4.07. The van der Waals surface area contributed by atoms with Gasteiger partial charge in [-0.1, -0.05) is 0 Å². The van der Waals surface area contributed by atoms with E-state index in [1.54, 1.807) is 7.05 Å². The molecule has 0 bridgehead atoms. The second-order valence-corrected chi connectivity index (χ2v) is 4.41.